The Labute approximate surface area is 105 Å². The lowest BCUT2D eigenvalue weighted by molar-refractivity contribution is -0.138. The summed E-state index contributed by atoms with van der Waals surface area (Å²) in [5.41, 5.74) is 15.0. The summed E-state index contributed by atoms with van der Waals surface area (Å²) in [4.78, 5) is 13.3. The van der Waals surface area contributed by atoms with Crippen molar-refractivity contribution < 1.29 is 9.90 Å². The van der Waals surface area contributed by atoms with Gasteiger partial charge in [0, 0.05) is 8.48 Å². The Morgan fingerprint density at radius 2 is 2.38 bits per heavy atom. The molecule has 0 heterocycles. The van der Waals surface area contributed by atoms with Gasteiger partial charge in [-0.3, -0.25) is 4.79 Å². The number of nitrogens with zero attached hydrogens (tertiary/aromatic N) is 3. The first-order valence-corrected chi connectivity index (χ1v) is 5.44. The highest BCUT2D eigenvalue weighted by molar-refractivity contribution is 14.1. The van der Waals surface area contributed by atoms with E-state index in [1.54, 1.807) is 18.2 Å². The fourth-order valence-electron chi connectivity index (χ4n) is 1.15. The molecule has 16 heavy (non-hydrogen) atoms. The molecule has 3 N–H and O–H groups in total. The van der Waals surface area contributed by atoms with Gasteiger partial charge in [0.05, 0.1) is 5.69 Å². The minimum Gasteiger partial charge on any atom is -0.480 e. The maximum absolute atomic E-state index is 10.6. The van der Waals surface area contributed by atoms with Gasteiger partial charge < -0.3 is 10.8 Å². The van der Waals surface area contributed by atoms with Crippen LogP contribution < -0.4 is 5.73 Å². The second-order valence-corrected chi connectivity index (χ2v) is 4.29. The van der Waals surface area contributed by atoms with Crippen molar-refractivity contribution in [2.24, 2.45) is 10.8 Å². The SMILES string of the molecule is [N-]=[N+]=Nc1ccc(C[C@H](N)C(=O)O)cc1I. The molecule has 84 valence electrons. The highest BCUT2D eigenvalue weighted by Crippen LogP contribution is 2.23. The molecule has 0 unspecified atom stereocenters. The number of halogens is 1. The molecule has 0 saturated heterocycles. The maximum atomic E-state index is 10.6. The van der Waals surface area contributed by atoms with Crippen LogP contribution in [0.4, 0.5) is 5.69 Å². The minimum atomic E-state index is -1.03. The van der Waals surface area contributed by atoms with Gasteiger partial charge in [-0.25, -0.2) is 0 Å². The number of azide groups is 1. The van der Waals surface area contributed by atoms with E-state index in [4.69, 9.17) is 16.4 Å². The van der Waals surface area contributed by atoms with Crippen LogP contribution in [0.5, 0.6) is 0 Å². The Kier molecular flexibility index (Phi) is 4.53. The van der Waals surface area contributed by atoms with Crippen LogP contribution in [-0.2, 0) is 11.2 Å². The Hall–Kier alpha value is -1.31. The van der Waals surface area contributed by atoms with Crippen LogP contribution in [0.25, 0.3) is 10.4 Å². The van der Waals surface area contributed by atoms with Crippen LogP contribution >= 0.6 is 22.6 Å². The van der Waals surface area contributed by atoms with E-state index in [1.807, 2.05) is 22.6 Å². The second kappa shape index (κ2) is 5.69. The smallest absolute Gasteiger partial charge is 0.320 e. The average molecular weight is 332 g/mol. The van der Waals surface area contributed by atoms with Crippen molar-refractivity contribution in [3.8, 4) is 0 Å². The fourth-order valence-corrected chi connectivity index (χ4v) is 1.84. The lowest BCUT2D eigenvalue weighted by atomic mass is 10.1. The van der Waals surface area contributed by atoms with Gasteiger partial charge in [-0.15, -0.1) is 0 Å². The Balaban J connectivity index is 2.89. The number of hydrogen-bond donors (Lipinski definition) is 2. The van der Waals surface area contributed by atoms with Crippen molar-refractivity contribution in [1.82, 2.24) is 0 Å². The summed E-state index contributed by atoms with van der Waals surface area (Å²) < 4.78 is 0.769. The lowest BCUT2D eigenvalue weighted by Gasteiger charge is -2.07. The van der Waals surface area contributed by atoms with Gasteiger partial charge in [0.25, 0.3) is 0 Å². The molecule has 0 radical (unpaired) electrons. The van der Waals surface area contributed by atoms with Crippen LogP contribution in [0.15, 0.2) is 23.3 Å². The number of benzene rings is 1. The minimum absolute atomic E-state index is 0.252. The van der Waals surface area contributed by atoms with Gasteiger partial charge >= 0.3 is 5.97 Å². The van der Waals surface area contributed by atoms with Crippen molar-refractivity contribution in [1.29, 1.82) is 0 Å². The first kappa shape index (κ1) is 12.8. The van der Waals surface area contributed by atoms with Crippen molar-refractivity contribution in [3.63, 3.8) is 0 Å². The average Bonchev–Trinajstić information content (AvgIpc) is 2.22. The molecule has 0 bridgehead atoms. The van der Waals surface area contributed by atoms with Crippen LogP contribution in [0.1, 0.15) is 5.56 Å². The number of nitrogens with two attached hydrogens (primary N) is 1. The van der Waals surface area contributed by atoms with E-state index in [2.05, 4.69) is 10.0 Å². The van der Waals surface area contributed by atoms with E-state index >= 15 is 0 Å². The third-order valence-electron chi connectivity index (χ3n) is 1.94. The third kappa shape index (κ3) is 3.37. The van der Waals surface area contributed by atoms with Crippen LogP contribution in [0, 0.1) is 3.57 Å². The van der Waals surface area contributed by atoms with Gasteiger partial charge in [-0.05, 0) is 46.2 Å². The van der Waals surface area contributed by atoms with Crippen molar-refractivity contribution in [2.75, 3.05) is 0 Å². The summed E-state index contributed by atoms with van der Waals surface area (Å²) >= 11 is 2.02. The van der Waals surface area contributed by atoms with Crippen molar-refractivity contribution in [3.05, 3.63) is 37.8 Å². The van der Waals surface area contributed by atoms with Gasteiger partial charge in [0.15, 0.2) is 0 Å². The highest BCUT2D eigenvalue weighted by Gasteiger charge is 2.12. The van der Waals surface area contributed by atoms with Crippen LogP contribution in [-0.4, -0.2) is 17.1 Å². The molecular formula is C9H9IN4O2. The lowest BCUT2D eigenvalue weighted by Crippen LogP contribution is -2.32. The number of rotatable bonds is 4. The summed E-state index contributed by atoms with van der Waals surface area (Å²) in [5, 5.41) is 12.1. The summed E-state index contributed by atoms with van der Waals surface area (Å²) in [5.74, 6) is -1.03. The largest absolute Gasteiger partial charge is 0.480 e. The topological polar surface area (TPSA) is 112 Å². The molecule has 0 saturated carbocycles. The number of carboxylic acids is 1. The molecule has 0 amide bonds. The molecule has 1 atom stereocenters. The molecule has 0 fully saturated rings. The standard InChI is InChI=1S/C9H9IN4O2/c10-6-3-5(4-7(11)9(15)16)1-2-8(6)13-14-12/h1-3,7H,4,11H2,(H,15,16)/t7-/m0/s1. The summed E-state index contributed by atoms with van der Waals surface area (Å²) in [6.07, 6.45) is 0.252. The zero-order valence-corrected chi connectivity index (χ0v) is 10.3. The summed E-state index contributed by atoms with van der Waals surface area (Å²) in [6, 6.07) is 4.19. The molecule has 7 heteroatoms. The summed E-state index contributed by atoms with van der Waals surface area (Å²) in [6.45, 7) is 0. The number of hydrogen-bond acceptors (Lipinski definition) is 3. The van der Waals surface area contributed by atoms with Crippen LogP contribution in [0.2, 0.25) is 0 Å². The molecule has 0 aliphatic carbocycles. The Bertz CT molecular complexity index is 457. The van der Waals surface area contributed by atoms with E-state index in [-0.39, 0.29) is 6.42 Å². The monoisotopic (exact) mass is 332 g/mol. The van der Waals surface area contributed by atoms with Crippen molar-refractivity contribution in [2.45, 2.75) is 12.5 Å². The van der Waals surface area contributed by atoms with E-state index in [0.29, 0.717) is 5.69 Å². The number of carbonyl (C=O) groups is 1. The van der Waals surface area contributed by atoms with Gasteiger partial charge in [0.1, 0.15) is 6.04 Å². The molecule has 1 rings (SSSR count). The van der Waals surface area contributed by atoms with Crippen LogP contribution in [0.3, 0.4) is 0 Å². The van der Waals surface area contributed by atoms with E-state index in [9.17, 15) is 4.79 Å². The first-order valence-electron chi connectivity index (χ1n) is 4.36. The predicted molar refractivity (Wildman–Crippen MR) is 67.3 cm³/mol. The zero-order valence-electron chi connectivity index (χ0n) is 8.17. The quantitative estimate of drug-likeness (QED) is 0.381. The molecule has 6 nitrogen and oxygen atoms in total. The first-order chi connectivity index (χ1) is 7.54. The van der Waals surface area contributed by atoms with Crippen molar-refractivity contribution >= 4 is 34.2 Å². The molecule has 0 spiro atoms. The molecule has 0 aliphatic heterocycles. The Morgan fingerprint density at radius 1 is 1.69 bits per heavy atom. The molecule has 0 aliphatic rings. The highest BCUT2D eigenvalue weighted by atomic mass is 127. The fraction of sp³-hybridized carbons (Fsp3) is 0.222. The normalized spacial score (nSPS) is 11.6. The van der Waals surface area contributed by atoms with E-state index in [1.165, 1.54) is 0 Å². The summed E-state index contributed by atoms with van der Waals surface area (Å²) in [7, 11) is 0. The third-order valence-corrected chi connectivity index (χ3v) is 2.80. The zero-order chi connectivity index (χ0) is 12.1. The number of carboxylic acid groups (broad SMARTS) is 1. The molecule has 1 aromatic carbocycles. The van der Waals surface area contributed by atoms with E-state index in [0.717, 1.165) is 9.13 Å². The Morgan fingerprint density at radius 3 is 2.88 bits per heavy atom. The second-order valence-electron chi connectivity index (χ2n) is 3.12. The maximum Gasteiger partial charge on any atom is 0.320 e. The molecule has 1 aromatic rings. The van der Waals surface area contributed by atoms with Gasteiger partial charge in [0.2, 0.25) is 0 Å². The molecular weight excluding hydrogens is 323 g/mol. The molecule has 0 aromatic heterocycles. The predicted octanol–water partition coefficient (Wildman–Crippen LogP) is 2.19. The van der Waals surface area contributed by atoms with Gasteiger partial charge in [-0.1, -0.05) is 17.2 Å². The van der Waals surface area contributed by atoms with Gasteiger partial charge in [-0.2, -0.15) is 0 Å². The number of aliphatic carboxylic acids is 1. The van der Waals surface area contributed by atoms with E-state index < -0.39 is 12.0 Å².